The average molecular weight is 315 g/mol. The molecule has 0 bridgehead atoms. The van der Waals surface area contributed by atoms with Crippen LogP contribution in [0.5, 0.6) is 0 Å². The summed E-state index contributed by atoms with van der Waals surface area (Å²) >= 11 is 0. The van der Waals surface area contributed by atoms with Gasteiger partial charge in [-0.25, -0.2) is 13.4 Å². The summed E-state index contributed by atoms with van der Waals surface area (Å²) in [5, 5.41) is 0.105. The van der Waals surface area contributed by atoms with Crippen molar-refractivity contribution < 1.29 is 8.42 Å². The number of hydrogen-bond acceptors (Lipinski definition) is 5. The third-order valence-electron chi connectivity index (χ3n) is 3.96. The fourth-order valence-electron chi connectivity index (χ4n) is 2.85. The summed E-state index contributed by atoms with van der Waals surface area (Å²) in [6.45, 7) is 1.16. The molecule has 0 amide bonds. The van der Waals surface area contributed by atoms with E-state index in [2.05, 4.69) is 4.98 Å². The third-order valence-corrected chi connectivity index (χ3v) is 6.05. The first kappa shape index (κ1) is 16.3. The Hall–Kier alpha value is -1.12. The van der Waals surface area contributed by atoms with E-state index >= 15 is 0 Å². The minimum atomic E-state index is -3.62. The lowest BCUT2D eigenvalue weighted by molar-refractivity contribution is 0.281. The highest BCUT2D eigenvalue weighted by Gasteiger charge is 2.36. The second kappa shape index (κ2) is 6.33. The minimum absolute atomic E-state index is 0.0734. The predicted molar refractivity (Wildman–Crippen MR) is 82.3 cm³/mol. The molecular weight excluding hydrogens is 290 g/mol. The van der Waals surface area contributed by atoms with E-state index in [0.717, 1.165) is 25.7 Å². The summed E-state index contributed by atoms with van der Waals surface area (Å²) < 4.78 is 29.1. The lowest BCUT2D eigenvalue weighted by atomic mass is 10.2. The van der Waals surface area contributed by atoms with E-state index in [9.17, 15) is 8.42 Å². The summed E-state index contributed by atoms with van der Waals surface area (Å²) in [6, 6.07) is 0.0734. The molecule has 21 heavy (non-hydrogen) atoms. The molecule has 0 radical (unpaired) electrons. The van der Waals surface area contributed by atoms with E-state index in [1.54, 1.807) is 11.4 Å². The fourth-order valence-corrected chi connectivity index (χ4v) is 4.73. The van der Waals surface area contributed by atoms with E-state index in [-0.39, 0.29) is 16.9 Å². The molecule has 1 aliphatic carbocycles. The number of rotatable bonds is 6. The molecule has 0 spiro atoms. The number of nitrogens with zero attached hydrogens (tertiary/aromatic N) is 4. The van der Waals surface area contributed by atoms with Crippen molar-refractivity contribution >= 4 is 15.8 Å². The smallest absolute Gasteiger partial charge is 0.262 e. The van der Waals surface area contributed by atoms with Crippen molar-refractivity contribution in [3.05, 3.63) is 6.33 Å². The van der Waals surface area contributed by atoms with Crippen molar-refractivity contribution in [1.29, 1.82) is 0 Å². The molecule has 7 nitrogen and oxygen atoms in total. The first-order valence-electron chi connectivity index (χ1n) is 7.27. The highest BCUT2D eigenvalue weighted by molar-refractivity contribution is 7.89. The van der Waals surface area contributed by atoms with E-state index in [4.69, 9.17) is 5.73 Å². The van der Waals surface area contributed by atoms with Crippen LogP contribution in [0, 0.1) is 0 Å². The Kier molecular flexibility index (Phi) is 4.90. The van der Waals surface area contributed by atoms with Crippen LogP contribution in [0.4, 0.5) is 5.82 Å². The molecule has 1 aromatic heterocycles. The topological polar surface area (TPSA) is 84.5 Å². The lowest BCUT2D eigenvalue weighted by Crippen LogP contribution is -2.43. The van der Waals surface area contributed by atoms with Crippen LogP contribution in [0.3, 0.4) is 0 Å². The summed E-state index contributed by atoms with van der Waals surface area (Å²) in [6.07, 6.45) is 5.45. The number of anilines is 1. The molecular formula is C13H25N5O2S. The van der Waals surface area contributed by atoms with Crippen LogP contribution >= 0.6 is 0 Å². The molecule has 0 saturated heterocycles. The number of imidazole rings is 1. The monoisotopic (exact) mass is 315 g/mol. The third kappa shape index (κ3) is 3.38. The maximum absolute atomic E-state index is 13.0. The fraction of sp³-hybridized carbons (Fsp3) is 0.769. The Morgan fingerprint density at radius 2 is 1.95 bits per heavy atom. The van der Waals surface area contributed by atoms with Crippen LogP contribution in [-0.4, -0.2) is 60.4 Å². The van der Waals surface area contributed by atoms with Gasteiger partial charge < -0.3 is 15.2 Å². The average Bonchev–Trinajstić information content (AvgIpc) is 2.99. The van der Waals surface area contributed by atoms with Crippen molar-refractivity contribution in [2.45, 2.75) is 36.8 Å². The highest BCUT2D eigenvalue weighted by Crippen LogP contribution is 2.30. The number of likely N-dealkylation sites (N-methyl/N-ethyl adjacent to an activating group) is 1. The van der Waals surface area contributed by atoms with Gasteiger partial charge in [0.25, 0.3) is 10.0 Å². The van der Waals surface area contributed by atoms with Gasteiger partial charge in [-0.15, -0.1) is 0 Å². The van der Waals surface area contributed by atoms with Crippen molar-refractivity contribution in [2.24, 2.45) is 7.05 Å². The molecule has 2 rings (SSSR count). The zero-order valence-electron chi connectivity index (χ0n) is 13.0. The molecule has 1 fully saturated rings. The Morgan fingerprint density at radius 1 is 1.33 bits per heavy atom. The van der Waals surface area contributed by atoms with Gasteiger partial charge in [-0.05, 0) is 26.9 Å². The Balaban J connectivity index is 2.34. The van der Waals surface area contributed by atoms with Gasteiger partial charge in [0.05, 0.1) is 6.33 Å². The van der Waals surface area contributed by atoms with Crippen LogP contribution in [0.2, 0.25) is 0 Å². The number of aromatic nitrogens is 2. The summed E-state index contributed by atoms with van der Waals surface area (Å²) in [4.78, 5) is 5.90. The molecule has 0 aromatic carbocycles. The zero-order valence-corrected chi connectivity index (χ0v) is 13.8. The number of sulfonamides is 1. The predicted octanol–water partition coefficient (Wildman–Crippen LogP) is 0.497. The zero-order chi connectivity index (χ0) is 15.6. The van der Waals surface area contributed by atoms with Crippen molar-refractivity contribution in [2.75, 3.05) is 32.9 Å². The van der Waals surface area contributed by atoms with Crippen molar-refractivity contribution in [1.82, 2.24) is 18.8 Å². The molecule has 2 N–H and O–H groups in total. The van der Waals surface area contributed by atoms with Gasteiger partial charge in [0, 0.05) is 26.2 Å². The van der Waals surface area contributed by atoms with Crippen molar-refractivity contribution in [3.63, 3.8) is 0 Å². The number of nitrogen functional groups attached to an aromatic ring is 1. The standard InChI is InChI=1S/C13H25N5O2S/c1-16(2)8-9-18(11-6-4-5-7-11)21(19,20)13-12(14)15-10-17(13)3/h10-11H,4-9,14H2,1-3H3. The SMILES string of the molecule is CN(C)CCN(C1CCCC1)S(=O)(=O)c1c(N)ncn1C. The van der Waals surface area contributed by atoms with Crippen molar-refractivity contribution in [3.8, 4) is 0 Å². The van der Waals surface area contributed by atoms with E-state index < -0.39 is 10.0 Å². The molecule has 1 aromatic rings. The molecule has 0 aliphatic heterocycles. The second-order valence-electron chi connectivity index (χ2n) is 5.90. The number of nitrogens with two attached hydrogens (primary N) is 1. The van der Waals surface area contributed by atoms with Gasteiger partial charge >= 0.3 is 0 Å². The molecule has 0 atom stereocenters. The highest BCUT2D eigenvalue weighted by atomic mass is 32.2. The molecule has 1 aliphatic rings. The van der Waals surface area contributed by atoms with Crippen LogP contribution in [-0.2, 0) is 17.1 Å². The number of hydrogen-bond donors (Lipinski definition) is 1. The summed E-state index contributed by atoms with van der Waals surface area (Å²) in [5.41, 5.74) is 5.77. The van der Waals surface area contributed by atoms with E-state index in [1.165, 1.54) is 10.9 Å². The Labute approximate surface area is 126 Å². The quantitative estimate of drug-likeness (QED) is 0.826. The van der Waals surface area contributed by atoms with Gasteiger partial charge in [-0.1, -0.05) is 12.8 Å². The maximum Gasteiger partial charge on any atom is 0.262 e. The van der Waals surface area contributed by atoms with Crippen LogP contribution < -0.4 is 5.73 Å². The normalized spacial score (nSPS) is 17.2. The summed E-state index contributed by atoms with van der Waals surface area (Å²) in [7, 11) is 1.93. The lowest BCUT2D eigenvalue weighted by Gasteiger charge is -2.29. The molecule has 1 saturated carbocycles. The van der Waals surface area contributed by atoms with E-state index in [0.29, 0.717) is 13.1 Å². The molecule has 1 heterocycles. The molecule has 0 unspecified atom stereocenters. The minimum Gasteiger partial charge on any atom is -0.381 e. The second-order valence-corrected chi connectivity index (χ2v) is 7.71. The van der Waals surface area contributed by atoms with Gasteiger partial charge in [0.2, 0.25) is 0 Å². The number of aryl methyl sites for hydroxylation is 1. The first-order chi connectivity index (χ1) is 9.84. The Bertz CT molecular complexity index is 556. The molecule has 8 heteroatoms. The summed E-state index contributed by atoms with van der Waals surface area (Å²) in [5.74, 6) is 0.0744. The first-order valence-corrected chi connectivity index (χ1v) is 8.71. The van der Waals surface area contributed by atoms with Gasteiger partial charge in [-0.3, -0.25) is 0 Å². The largest absolute Gasteiger partial charge is 0.381 e. The van der Waals surface area contributed by atoms with Gasteiger partial charge in [0.1, 0.15) is 0 Å². The van der Waals surface area contributed by atoms with Crippen LogP contribution in [0.1, 0.15) is 25.7 Å². The Morgan fingerprint density at radius 3 is 2.43 bits per heavy atom. The van der Waals surface area contributed by atoms with Crippen LogP contribution in [0.15, 0.2) is 11.4 Å². The maximum atomic E-state index is 13.0. The van der Waals surface area contributed by atoms with E-state index in [1.807, 2.05) is 19.0 Å². The van der Waals surface area contributed by atoms with Gasteiger partial charge in [0.15, 0.2) is 10.8 Å². The molecule has 120 valence electrons. The van der Waals surface area contributed by atoms with Crippen LogP contribution in [0.25, 0.3) is 0 Å². The van der Waals surface area contributed by atoms with Gasteiger partial charge in [-0.2, -0.15) is 4.31 Å².